The third-order valence-corrected chi connectivity index (χ3v) is 6.21. The van der Waals surface area contributed by atoms with E-state index in [0.717, 1.165) is 5.69 Å². The molecule has 36 heavy (non-hydrogen) atoms. The topological polar surface area (TPSA) is 96.7 Å². The lowest BCUT2D eigenvalue weighted by molar-refractivity contribution is -0.113. The summed E-state index contributed by atoms with van der Waals surface area (Å²) in [5.41, 5.74) is 2.17. The van der Waals surface area contributed by atoms with Gasteiger partial charge in [0.25, 0.3) is 0 Å². The first-order chi connectivity index (χ1) is 17.6. The molecule has 1 N–H and O–H groups in total. The number of rotatable bonds is 10. The third-order valence-electron chi connectivity index (χ3n) is 5.28. The first kappa shape index (κ1) is 24.9. The predicted molar refractivity (Wildman–Crippen MR) is 139 cm³/mol. The van der Waals surface area contributed by atoms with Crippen molar-refractivity contribution in [1.29, 1.82) is 0 Å². The van der Waals surface area contributed by atoms with Gasteiger partial charge in [0.15, 0.2) is 22.5 Å². The number of ether oxygens (including phenoxy) is 4. The molecule has 0 aliphatic rings. The van der Waals surface area contributed by atoms with Crippen molar-refractivity contribution in [2.75, 3.05) is 39.5 Å². The molecule has 186 valence electrons. The molecule has 3 aromatic carbocycles. The summed E-state index contributed by atoms with van der Waals surface area (Å²) in [5.74, 6) is 2.57. The minimum atomic E-state index is -0.193. The minimum absolute atomic E-state index is 0.123. The number of carbonyl (C=O) groups excluding carboxylic acids is 1. The van der Waals surface area contributed by atoms with Gasteiger partial charge in [-0.1, -0.05) is 42.1 Å². The van der Waals surface area contributed by atoms with E-state index in [2.05, 4.69) is 15.5 Å². The molecule has 9 nitrogen and oxygen atoms in total. The van der Waals surface area contributed by atoms with E-state index in [4.69, 9.17) is 18.9 Å². The first-order valence-electron chi connectivity index (χ1n) is 11.0. The van der Waals surface area contributed by atoms with E-state index in [9.17, 15) is 4.79 Å². The number of amides is 1. The number of nitrogens with zero attached hydrogens (tertiary/aromatic N) is 3. The Balaban J connectivity index is 1.67. The molecule has 0 unspecified atom stereocenters. The van der Waals surface area contributed by atoms with Gasteiger partial charge in [0.1, 0.15) is 5.75 Å². The van der Waals surface area contributed by atoms with Crippen molar-refractivity contribution in [3.8, 4) is 40.1 Å². The fourth-order valence-corrected chi connectivity index (χ4v) is 4.39. The van der Waals surface area contributed by atoms with Crippen LogP contribution in [0.3, 0.4) is 0 Å². The van der Waals surface area contributed by atoms with Gasteiger partial charge in [-0.25, -0.2) is 0 Å². The minimum Gasteiger partial charge on any atom is -0.495 e. The maximum Gasteiger partial charge on any atom is 0.234 e. The highest BCUT2D eigenvalue weighted by Gasteiger charge is 2.21. The number of carbonyl (C=O) groups is 1. The van der Waals surface area contributed by atoms with Crippen LogP contribution in [0.1, 0.15) is 0 Å². The van der Waals surface area contributed by atoms with Gasteiger partial charge < -0.3 is 24.3 Å². The van der Waals surface area contributed by atoms with E-state index in [1.165, 1.54) is 11.8 Å². The molecule has 1 amide bonds. The van der Waals surface area contributed by atoms with E-state index in [1.807, 2.05) is 59.2 Å². The Morgan fingerprint density at radius 1 is 0.833 bits per heavy atom. The normalized spacial score (nSPS) is 10.6. The van der Waals surface area contributed by atoms with Gasteiger partial charge in [-0.05, 0) is 36.4 Å². The van der Waals surface area contributed by atoms with Crippen LogP contribution in [0.5, 0.6) is 23.0 Å². The van der Waals surface area contributed by atoms with Crippen LogP contribution >= 0.6 is 11.8 Å². The standard InChI is InChI=1S/C26H26N4O5S/c1-32-20-13-9-8-12-19(20)27-23(31)16-36-26-29-28-25(30(26)18-10-6-5-7-11-18)17-14-21(33-2)24(35-4)22(15-17)34-3/h5-15H,16H2,1-4H3,(H,27,31). The molecule has 0 spiro atoms. The molecular formula is C26H26N4O5S. The average Bonchev–Trinajstić information content (AvgIpc) is 3.35. The summed E-state index contributed by atoms with van der Waals surface area (Å²) in [6.07, 6.45) is 0. The predicted octanol–water partition coefficient (Wildman–Crippen LogP) is 4.70. The summed E-state index contributed by atoms with van der Waals surface area (Å²) in [4.78, 5) is 12.7. The van der Waals surface area contributed by atoms with Crippen molar-refractivity contribution in [1.82, 2.24) is 14.8 Å². The van der Waals surface area contributed by atoms with Gasteiger partial charge in [-0.2, -0.15) is 0 Å². The quantitative estimate of drug-likeness (QED) is 0.309. The molecule has 0 aliphatic heterocycles. The van der Waals surface area contributed by atoms with Crippen LogP contribution in [-0.2, 0) is 4.79 Å². The highest BCUT2D eigenvalue weighted by molar-refractivity contribution is 7.99. The van der Waals surface area contributed by atoms with Crippen molar-refractivity contribution < 1.29 is 23.7 Å². The van der Waals surface area contributed by atoms with E-state index in [1.54, 1.807) is 40.6 Å². The molecule has 0 saturated carbocycles. The van der Waals surface area contributed by atoms with Crippen LogP contribution in [0.4, 0.5) is 5.69 Å². The second-order valence-electron chi connectivity index (χ2n) is 7.43. The fraction of sp³-hybridized carbons (Fsp3) is 0.192. The number of nitrogens with one attached hydrogen (secondary N) is 1. The second-order valence-corrected chi connectivity index (χ2v) is 8.37. The Labute approximate surface area is 213 Å². The number of hydrogen-bond acceptors (Lipinski definition) is 8. The van der Waals surface area contributed by atoms with Crippen molar-refractivity contribution in [3.63, 3.8) is 0 Å². The summed E-state index contributed by atoms with van der Waals surface area (Å²) in [6, 6.07) is 20.6. The van der Waals surface area contributed by atoms with Crippen molar-refractivity contribution in [2.24, 2.45) is 0 Å². The number of aromatic nitrogens is 3. The van der Waals surface area contributed by atoms with Crippen molar-refractivity contribution in [3.05, 3.63) is 66.7 Å². The molecule has 0 saturated heterocycles. The zero-order chi connectivity index (χ0) is 25.5. The SMILES string of the molecule is COc1ccccc1NC(=O)CSc1nnc(-c2cc(OC)c(OC)c(OC)c2)n1-c1ccccc1. The molecule has 0 atom stereocenters. The van der Waals surface area contributed by atoms with Gasteiger partial charge in [0.05, 0.1) is 39.9 Å². The summed E-state index contributed by atoms with van der Waals surface area (Å²) >= 11 is 1.28. The molecular weight excluding hydrogens is 480 g/mol. The molecule has 0 aliphatic carbocycles. The molecule has 0 fully saturated rings. The number of para-hydroxylation sites is 3. The summed E-state index contributed by atoms with van der Waals surface area (Å²) in [5, 5.41) is 12.3. The Morgan fingerprint density at radius 3 is 2.11 bits per heavy atom. The molecule has 1 aromatic heterocycles. The van der Waals surface area contributed by atoms with Crippen LogP contribution in [0, 0.1) is 0 Å². The average molecular weight is 507 g/mol. The van der Waals surface area contributed by atoms with Crippen LogP contribution in [-0.4, -0.2) is 54.9 Å². The summed E-state index contributed by atoms with van der Waals surface area (Å²) in [7, 11) is 6.24. The number of hydrogen-bond donors (Lipinski definition) is 1. The molecule has 0 bridgehead atoms. The zero-order valence-electron chi connectivity index (χ0n) is 20.3. The molecule has 1 heterocycles. The lowest BCUT2D eigenvalue weighted by Crippen LogP contribution is -2.15. The van der Waals surface area contributed by atoms with Gasteiger partial charge >= 0.3 is 0 Å². The Morgan fingerprint density at radius 2 is 1.47 bits per heavy atom. The molecule has 0 radical (unpaired) electrons. The Hall–Kier alpha value is -4.18. The van der Waals surface area contributed by atoms with Gasteiger partial charge in [0, 0.05) is 11.3 Å². The largest absolute Gasteiger partial charge is 0.495 e. The lowest BCUT2D eigenvalue weighted by Gasteiger charge is -2.15. The van der Waals surface area contributed by atoms with E-state index < -0.39 is 0 Å². The smallest absolute Gasteiger partial charge is 0.234 e. The summed E-state index contributed by atoms with van der Waals surface area (Å²) < 4.78 is 23.7. The van der Waals surface area contributed by atoms with Crippen molar-refractivity contribution >= 4 is 23.4 Å². The second kappa shape index (κ2) is 11.5. The molecule has 4 rings (SSSR count). The number of benzene rings is 3. The zero-order valence-corrected chi connectivity index (χ0v) is 21.2. The Bertz CT molecular complexity index is 1320. The van der Waals surface area contributed by atoms with Crippen LogP contribution in [0.25, 0.3) is 17.1 Å². The maximum atomic E-state index is 12.7. The van der Waals surface area contributed by atoms with E-state index in [-0.39, 0.29) is 11.7 Å². The fourth-order valence-electron chi connectivity index (χ4n) is 3.63. The number of anilines is 1. The van der Waals surface area contributed by atoms with Gasteiger partial charge in [0.2, 0.25) is 11.7 Å². The third kappa shape index (κ3) is 5.23. The number of thioether (sulfide) groups is 1. The highest BCUT2D eigenvalue weighted by Crippen LogP contribution is 2.41. The van der Waals surface area contributed by atoms with E-state index in [0.29, 0.717) is 45.2 Å². The van der Waals surface area contributed by atoms with Crippen LogP contribution in [0.2, 0.25) is 0 Å². The van der Waals surface area contributed by atoms with E-state index >= 15 is 0 Å². The molecule has 10 heteroatoms. The summed E-state index contributed by atoms with van der Waals surface area (Å²) in [6.45, 7) is 0. The van der Waals surface area contributed by atoms with Gasteiger partial charge in [-0.15, -0.1) is 10.2 Å². The lowest BCUT2D eigenvalue weighted by atomic mass is 10.1. The Kier molecular flexibility index (Phi) is 7.96. The molecule has 4 aromatic rings. The first-order valence-corrected chi connectivity index (χ1v) is 11.9. The van der Waals surface area contributed by atoms with Gasteiger partial charge in [-0.3, -0.25) is 9.36 Å². The monoisotopic (exact) mass is 506 g/mol. The highest BCUT2D eigenvalue weighted by atomic mass is 32.2. The maximum absolute atomic E-state index is 12.7. The van der Waals surface area contributed by atoms with Crippen molar-refractivity contribution in [2.45, 2.75) is 5.16 Å². The van der Waals surface area contributed by atoms with Crippen LogP contribution in [0.15, 0.2) is 71.9 Å². The van der Waals surface area contributed by atoms with Crippen LogP contribution < -0.4 is 24.3 Å². The number of methoxy groups -OCH3 is 4.